The molecule has 1 aromatic rings. The van der Waals surface area contributed by atoms with Gasteiger partial charge < -0.3 is 15.4 Å². The molecule has 0 saturated heterocycles. The maximum Gasteiger partial charge on any atom is 0.407 e. The number of rotatable bonds is 7. The molecule has 0 saturated carbocycles. The fourth-order valence-corrected chi connectivity index (χ4v) is 1.41. The predicted molar refractivity (Wildman–Crippen MR) is 77.1 cm³/mol. The van der Waals surface area contributed by atoms with Gasteiger partial charge in [-0.3, -0.25) is 4.79 Å². The highest BCUT2D eigenvalue weighted by molar-refractivity contribution is 5.87. The van der Waals surface area contributed by atoms with E-state index in [-0.39, 0.29) is 12.5 Å². The normalized spacial score (nSPS) is 10.2. The SMILES string of the molecule is CC/C=C/C(=O)NCCNC(=O)OCc1ccccc1. The van der Waals surface area contributed by atoms with E-state index in [1.165, 1.54) is 6.08 Å². The van der Waals surface area contributed by atoms with Crippen molar-refractivity contribution >= 4 is 12.0 Å². The van der Waals surface area contributed by atoms with Crippen LogP contribution in [0.3, 0.4) is 0 Å². The summed E-state index contributed by atoms with van der Waals surface area (Å²) in [5, 5.41) is 5.21. The molecule has 0 aliphatic heterocycles. The Labute approximate surface area is 119 Å². The summed E-state index contributed by atoms with van der Waals surface area (Å²) in [4.78, 5) is 22.6. The summed E-state index contributed by atoms with van der Waals surface area (Å²) in [5.41, 5.74) is 0.931. The van der Waals surface area contributed by atoms with Gasteiger partial charge in [-0.15, -0.1) is 0 Å². The first-order valence-electron chi connectivity index (χ1n) is 6.61. The Hall–Kier alpha value is -2.30. The molecule has 2 N–H and O–H groups in total. The standard InChI is InChI=1S/C15H20N2O3/c1-2-3-9-14(18)16-10-11-17-15(19)20-12-13-7-5-4-6-8-13/h3-9H,2,10-12H2,1H3,(H,16,18)(H,17,19)/b9-3+. The van der Waals surface area contributed by atoms with Crippen molar-refractivity contribution in [2.24, 2.45) is 0 Å². The van der Waals surface area contributed by atoms with E-state index in [2.05, 4.69) is 10.6 Å². The molecule has 0 spiro atoms. The van der Waals surface area contributed by atoms with Crippen LogP contribution in [0.2, 0.25) is 0 Å². The Bertz CT molecular complexity index is 444. The topological polar surface area (TPSA) is 67.4 Å². The van der Waals surface area contributed by atoms with Gasteiger partial charge in [0, 0.05) is 13.1 Å². The number of amides is 2. The zero-order valence-electron chi connectivity index (χ0n) is 11.6. The van der Waals surface area contributed by atoms with Gasteiger partial charge in [-0.25, -0.2) is 4.79 Å². The minimum Gasteiger partial charge on any atom is -0.445 e. The monoisotopic (exact) mass is 276 g/mol. The Morgan fingerprint density at radius 1 is 1.15 bits per heavy atom. The van der Waals surface area contributed by atoms with Gasteiger partial charge in [-0.05, 0) is 18.1 Å². The lowest BCUT2D eigenvalue weighted by atomic mass is 10.2. The van der Waals surface area contributed by atoms with Crippen LogP contribution < -0.4 is 10.6 Å². The number of carbonyl (C=O) groups excluding carboxylic acids is 2. The highest BCUT2D eigenvalue weighted by atomic mass is 16.5. The second kappa shape index (κ2) is 9.61. The van der Waals surface area contributed by atoms with E-state index < -0.39 is 6.09 Å². The molecule has 0 aliphatic rings. The summed E-state index contributed by atoms with van der Waals surface area (Å²) in [6.45, 7) is 2.89. The molecule has 0 aromatic heterocycles. The molecule has 0 fully saturated rings. The zero-order chi connectivity index (χ0) is 14.6. The van der Waals surface area contributed by atoms with E-state index in [1.54, 1.807) is 6.08 Å². The second-order valence-electron chi connectivity index (χ2n) is 4.09. The van der Waals surface area contributed by atoms with Crippen molar-refractivity contribution in [1.82, 2.24) is 10.6 Å². The Morgan fingerprint density at radius 2 is 1.85 bits per heavy atom. The van der Waals surface area contributed by atoms with E-state index in [9.17, 15) is 9.59 Å². The third kappa shape index (κ3) is 7.20. The Balaban J connectivity index is 2.09. The van der Waals surface area contributed by atoms with Crippen LogP contribution in [0.15, 0.2) is 42.5 Å². The first-order chi connectivity index (χ1) is 9.72. The number of benzene rings is 1. The zero-order valence-corrected chi connectivity index (χ0v) is 11.6. The van der Waals surface area contributed by atoms with Crippen LogP contribution in [0.5, 0.6) is 0 Å². The van der Waals surface area contributed by atoms with Crippen LogP contribution >= 0.6 is 0 Å². The van der Waals surface area contributed by atoms with Crippen molar-refractivity contribution < 1.29 is 14.3 Å². The molecule has 0 heterocycles. The summed E-state index contributed by atoms with van der Waals surface area (Å²) in [7, 11) is 0. The number of nitrogens with one attached hydrogen (secondary N) is 2. The maximum absolute atomic E-state index is 11.4. The molecular weight excluding hydrogens is 256 g/mol. The number of allylic oxidation sites excluding steroid dienone is 1. The minimum absolute atomic E-state index is 0.161. The van der Waals surface area contributed by atoms with E-state index >= 15 is 0 Å². The smallest absolute Gasteiger partial charge is 0.407 e. The summed E-state index contributed by atoms with van der Waals surface area (Å²) < 4.78 is 5.02. The highest BCUT2D eigenvalue weighted by Gasteiger charge is 2.01. The Morgan fingerprint density at radius 3 is 2.55 bits per heavy atom. The van der Waals surface area contributed by atoms with Crippen molar-refractivity contribution in [2.75, 3.05) is 13.1 Å². The summed E-state index contributed by atoms with van der Waals surface area (Å²) in [6.07, 6.45) is 3.58. The van der Waals surface area contributed by atoms with Crippen molar-refractivity contribution in [3.05, 3.63) is 48.0 Å². The van der Waals surface area contributed by atoms with Crippen molar-refractivity contribution in [3.8, 4) is 0 Å². The number of hydrogen-bond donors (Lipinski definition) is 2. The fourth-order valence-electron chi connectivity index (χ4n) is 1.41. The van der Waals surface area contributed by atoms with Gasteiger partial charge in [0.1, 0.15) is 6.61 Å². The predicted octanol–water partition coefficient (Wildman–Crippen LogP) is 2.00. The van der Waals surface area contributed by atoms with E-state index in [1.807, 2.05) is 37.3 Å². The lowest BCUT2D eigenvalue weighted by Gasteiger charge is -2.07. The molecule has 1 aromatic carbocycles. The van der Waals surface area contributed by atoms with Crippen LogP contribution in [0.25, 0.3) is 0 Å². The van der Waals surface area contributed by atoms with Gasteiger partial charge in [-0.2, -0.15) is 0 Å². The molecule has 5 heteroatoms. The molecule has 0 atom stereocenters. The average Bonchev–Trinajstić information content (AvgIpc) is 2.48. The number of carbonyl (C=O) groups is 2. The number of alkyl carbamates (subject to hydrolysis) is 1. The van der Waals surface area contributed by atoms with Crippen molar-refractivity contribution in [1.29, 1.82) is 0 Å². The largest absolute Gasteiger partial charge is 0.445 e. The quantitative estimate of drug-likeness (QED) is 0.591. The van der Waals surface area contributed by atoms with Crippen molar-refractivity contribution in [2.45, 2.75) is 20.0 Å². The summed E-state index contributed by atoms with van der Waals surface area (Å²) in [5.74, 6) is -0.161. The molecule has 0 bridgehead atoms. The lowest BCUT2D eigenvalue weighted by molar-refractivity contribution is -0.116. The maximum atomic E-state index is 11.4. The first-order valence-corrected chi connectivity index (χ1v) is 6.61. The van der Waals surface area contributed by atoms with Gasteiger partial charge in [0.15, 0.2) is 0 Å². The third-order valence-corrected chi connectivity index (χ3v) is 2.41. The third-order valence-electron chi connectivity index (χ3n) is 2.41. The van der Waals surface area contributed by atoms with Gasteiger partial charge >= 0.3 is 6.09 Å². The van der Waals surface area contributed by atoms with Gasteiger partial charge in [0.05, 0.1) is 0 Å². The van der Waals surface area contributed by atoms with E-state index in [4.69, 9.17) is 4.74 Å². The van der Waals surface area contributed by atoms with E-state index in [0.29, 0.717) is 13.1 Å². The highest BCUT2D eigenvalue weighted by Crippen LogP contribution is 2.00. The molecule has 0 unspecified atom stereocenters. The van der Waals surface area contributed by atoms with Crippen LogP contribution in [-0.4, -0.2) is 25.1 Å². The average molecular weight is 276 g/mol. The first kappa shape index (κ1) is 15.8. The molecule has 0 aliphatic carbocycles. The minimum atomic E-state index is -0.493. The summed E-state index contributed by atoms with van der Waals surface area (Å²) in [6, 6.07) is 9.44. The number of ether oxygens (including phenoxy) is 1. The number of hydrogen-bond acceptors (Lipinski definition) is 3. The fraction of sp³-hybridized carbons (Fsp3) is 0.333. The van der Waals surface area contributed by atoms with Crippen LogP contribution in [0.4, 0.5) is 4.79 Å². The molecule has 1 rings (SSSR count). The van der Waals surface area contributed by atoms with E-state index in [0.717, 1.165) is 12.0 Å². The molecule has 0 radical (unpaired) electrons. The Kier molecular flexibility index (Phi) is 7.57. The lowest BCUT2D eigenvalue weighted by Crippen LogP contribution is -2.34. The van der Waals surface area contributed by atoms with Gasteiger partial charge in [0.2, 0.25) is 5.91 Å². The van der Waals surface area contributed by atoms with Crippen LogP contribution in [0, 0.1) is 0 Å². The van der Waals surface area contributed by atoms with Crippen LogP contribution in [-0.2, 0) is 16.1 Å². The van der Waals surface area contributed by atoms with Crippen molar-refractivity contribution in [3.63, 3.8) is 0 Å². The molecule has 108 valence electrons. The second-order valence-corrected chi connectivity index (χ2v) is 4.09. The molecular formula is C15H20N2O3. The summed E-state index contributed by atoms with van der Waals surface area (Å²) >= 11 is 0. The molecule has 2 amide bonds. The van der Waals surface area contributed by atoms with Gasteiger partial charge in [0.25, 0.3) is 0 Å². The molecule has 20 heavy (non-hydrogen) atoms. The van der Waals surface area contributed by atoms with Crippen LogP contribution in [0.1, 0.15) is 18.9 Å². The molecule has 5 nitrogen and oxygen atoms in total. The van der Waals surface area contributed by atoms with Gasteiger partial charge in [-0.1, -0.05) is 43.3 Å².